The number of thiophene rings is 5. The molecule has 17 rings (SSSR count). The fourth-order valence-corrected chi connectivity index (χ4v) is 29.4. The second-order valence-corrected chi connectivity index (χ2v) is 49.1. The third-order valence-corrected chi connectivity index (χ3v) is 38.2. The van der Waals surface area contributed by atoms with Crippen LogP contribution in [0.15, 0.2) is 116 Å². The highest BCUT2D eigenvalue weighted by Crippen LogP contribution is 2.63. The standard InChI is InChI=1S/C23H29NO2S.C22H27NO2S.C22H29NO2S.C21H27NO2S.C21H25NO2S/c1-14-18-19(23(4,5)13-12-22(18,2)3)27-20(14)24(17-10-11-17)16-8-6-15(7-9-16)21(25)26;1-13-16-18(21(4,5)9-8-20(16,2)3)26-17(13)22(10-11-22)15-7-6-14(12-23-15)19(24)25;1-7-23(16-10-8-15(9-11-16)20(24)25)19-14(2)17-18(26-19)22(5,6)13-12-21(17,3)4;1-13-16-17(21(4,5)12-11-20(16,2)3)25-18(13)22(6)15-9-7-14(8-10-15)19(23)24;1-12(15-8-7-14(11-22-15)19(23)24)17-13(2)16-18(25-17)21(5,6)10-9-20(16,3)4/h6-9,17H,10-13H2,1-5H3,(H,25,26);6-7,12H,8-11H2,1-5H3,(H,24,25);8-11H,7,12-13H2,1-6H3,(H,24,25);7-10H,11-12H2,1-6H3,(H,23,24);7-8,11H,1,9-10H2,2-6H3,(H,23,24). The SMILES string of the molecule is C=C(c1ccc(C(=O)O)cn1)c1sc2c(c1C)C(C)(C)CCC2(C)C.CCN(c1ccc(C(=O)O)cc1)c1sc2c(c1C)C(C)(C)CCC2(C)C.Cc1c(C2(c3ccc(C(=O)O)cn3)CC2)sc2c1C(C)(C)CCC2(C)C.Cc1c(N(C)c2ccc(C(=O)O)cc2)sc2c1C(C)(C)CCC2(C)C.Cc1c(N(c2ccc(C(=O)O)cc2)C2CC2)sc2c1C(C)(C)CCC2(C)C. The van der Waals surface area contributed by atoms with E-state index in [1.807, 2.05) is 99.1 Å². The Kier molecular flexibility index (Phi) is 26.6. The van der Waals surface area contributed by atoms with E-state index in [0.29, 0.717) is 22.7 Å². The minimum Gasteiger partial charge on any atom is -0.478 e. The highest BCUT2D eigenvalue weighted by molar-refractivity contribution is 7.17. The topological polar surface area (TPSA) is 222 Å². The summed E-state index contributed by atoms with van der Waals surface area (Å²) in [7, 11) is 2.07. The Morgan fingerprint density at radius 3 is 0.992 bits per heavy atom. The number of aromatic carboxylic acids is 5. The van der Waals surface area contributed by atoms with Crippen LogP contribution in [0.5, 0.6) is 0 Å². The summed E-state index contributed by atoms with van der Waals surface area (Å²) in [5.41, 5.74) is 23.9. The lowest BCUT2D eigenvalue weighted by atomic mass is 9.65. The average molecular weight is 1840 g/mol. The molecule has 2 saturated carbocycles. The van der Waals surface area contributed by atoms with Crippen molar-refractivity contribution in [3.63, 3.8) is 0 Å². The van der Waals surface area contributed by atoms with Crippen LogP contribution in [-0.2, 0) is 59.6 Å². The maximum absolute atomic E-state index is 11.2. The molecule has 2 fully saturated rings. The van der Waals surface area contributed by atoms with Crippen LogP contribution in [0.2, 0.25) is 0 Å². The Balaban J connectivity index is 0.000000138. The van der Waals surface area contributed by atoms with Gasteiger partial charge in [-0.05, 0) is 338 Å². The first-order chi connectivity index (χ1) is 59.9. The molecule has 7 aliphatic rings. The van der Waals surface area contributed by atoms with E-state index in [1.54, 1.807) is 75.5 Å². The number of benzene rings is 3. The molecule has 0 radical (unpaired) electrons. The predicted octanol–water partition coefficient (Wildman–Crippen LogP) is 29.7. The third kappa shape index (κ3) is 18.8. The van der Waals surface area contributed by atoms with Crippen LogP contribution in [0, 0.1) is 34.6 Å². The summed E-state index contributed by atoms with van der Waals surface area (Å²) >= 11 is 9.59. The molecule has 129 heavy (non-hydrogen) atoms. The number of nitrogens with zero attached hydrogens (tertiary/aromatic N) is 5. The van der Waals surface area contributed by atoms with Crippen LogP contribution in [0.1, 0.15) is 388 Å². The van der Waals surface area contributed by atoms with E-state index in [9.17, 15) is 29.1 Å². The van der Waals surface area contributed by atoms with E-state index >= 15 is 0 Å². The summed E-state index contributed by atoms with van der Waals surface area (Å²) < 4.78 is 0. The molecule has 0 unspecified atom stereocenters. The maximum atomic E-state index is 11.2. The molecule has 0 spiro atoms. The van der Waals surface area contributed by atoms with Gasteiger partial charge >= 0.3 is 29.8 Å². The van der Waals surface area contributed by atoms with Gasteiger partial charge < -0.3 is 40.2 Å². The van der Waals surface area contributed by atoms with Crippen LogP contribution in [0.4, 0.5) is 32.1 Å². The van der Waals surface area contributed by atoms with E-state index in [-0.39, 0.29) is 70.7 Å². The summed E-state index contributed by atoms with van der Waals surface area (Å²) in [4.78, 5) is 81.6. The number of hydrogen-bond acceptors (Lipinski definition) is 15. The highest BCUT2D eigenvalue weighted by atomic mass is 32.1. The quantitative estimate of drug-likeness (QED) is 0.0572. The molecule has 7 aliphatic carbocycles. The smallest absolute Gasteiger partial charge is 0.337 e. The molecule has 15 nitrogen and oxygen atoms in total. The first kappa shape index (κ1) is 97.5. The lowest BCUT2D eigenvalue weighted by Gasteiger charge is -2.40. The maximum Gasteiger partial charge on any atom is 0.337 e. The van der Waals surface area contributed by atoms with Gasteiger partial charge in [-0.3, -0.25) is 9.97 Å². The van der Waals surface area contributed by atoms with Crippen molar-refractivity contribution >= 4 is 124 Å². The minimum atomic E-state index is -0.962. The van der Waals surface area contributed by atoms with Gasteiger partial charge in [-0.2, -0.15) is 0 Å². The summed E-state index contributed by atoms with van der Waals surface area (Å²) in [6.07, 6.45) is 19.6. The Hall–Kier alpha value is -9.05. The van der Waals surface area contributed by atoms with Crippen molar-refractivity contribution in [2.75, 3.05) is 28.3 Å². The molecule has 3 aromatic carbocycles. The molecular weight excluding hydrogens is 1700 g/mol. The Morgan fingerprint density at radius 2 is 0.659 bits per heavy atom. The molecule has 7 heterocycles. The number of carbonyl (C=O) groups is 5. The highest BCUT2D eigenvalue weighted by Gasteiger charge is 2.53. The van der Waals surface area contributed by atoms with Gasteiger partial charge in [0.1, 0.15) is 0 Å². The van der Waals surface area contributed by atoms with Crippen LogP contribution in [0.25, 0.3) is 5.57 Å². The van der Waals surface area contributed by atoms with Crippen molar-refractivity contribution in [1.29, 1.82) is 0 Å². The van der Waals surface area contributed by atoms with E-state index in [4.69, 9.17) is 20.4 Å². The molecule has 10 aromatic rings. The van der Waals surface area contributed by atoms with Gasteiger partial charge in [0.15, 0.2) is 0 Å². The lowest BCUT2D eigenvalue weighted by Crippen LogP contribution is -2.32. The van der Waals surface area contributed by atoms with Gasteiger partial charge in [-0.15, -0.1) is 56.7 Å². The number of anilines is 6. The number of rotatable bonds is 17. The average Bonchev–Trinajstić information content (AvgIpc) is 1.54. The van der Waals surface area contributed by atoms with Gasteiger partial charge in [-0.1, -0.05) is 145 Å². The molecule has 20 heteroatoms. The van der Waals surface area contributed by atoms with E-state index < -0.39 is 29.8 Å². The monoisotopic (exact) mass is 1840 g/mol. The van der Waals surface area contributed by atoms with E-state index in [0.717, 1.165) is 53.4 Å². The number of hydrogen-bond donors (Lipinski definition) is 5. The Morgan fingerprint density at radius 1 is 0.349 bits per heavy atom. The normalized spacial score (nSPS) is 19.1. The number of fused-ring (bicyclic) bond motifs is 5. The van der Waals surface area contributed by atoms with E-state index in [1.165, 1.54) is 173 Å². The predicted molar refractivity (Wildman–Crippen MR) is 538 cm³/mol. The minimum absolute atomic E-state index is 0.00468. The molecule has 7 aromatic heterocycles. The largest absolute Gasteiger partial charge is 0.478 e. The van der Waals surface area contributed by atoms with Gasteiger partial charge in [-0.25, -0.2) is 24.0 Å². The second kappa shape index (κ2) is 35.2. The van der Waals surface area contributed by atoms with Crippen LogP contribution < -0.4 is 14.7 Å². The Labute approximate surface area is 786 Å². The van der Waals surface area contributed by atoms with Gasteiger partial charge in [0.25, 0.3) is 0 Å². The van der Waals surface area contributed by atoms with Crippen molar-refractivity contribution in [2.45, 2.75) is 336 Å². The van der Waals surface area contributed by atoms with Crippen molar-refractivity contribution in [3.05, 3.63) is 245 Å². The fraction of sp³-hybridized carbons (Fsp3) is 0.495. The van der Waals surface area contributed by atoms with Gasteiger partial charge in [0, 0.05) is 94.2 Å². The number of pyridine rings is 2. The molecule has 0 bridgehead atoms. The molecule has 0 aliphatic heterocycles. The number of aromatic nitrogens is 2. The number of carboxylic acid groups (broad SMARTS) is 5. The first-order valence-corrected chi connectivity index (χ1v) is 50.1. The molecule has 0 amide bonds. The summed E-state index contributed by atoms with van der Waals surface area (Å²) in [6, 6.07) is 29.2. The van der Waals surface area contributed by atoms with Crippen molar-refractivity contribution < 1.29 is 49.5 Å². The van der Waals surface area contributed by atoms with Gasteiger partial charge in [0.05, 0.1) is 54.2 Å². The molecule has 688 valence electrons. The third-order valence-electron chi connectivity index (χ3n) is 29.6. The fourth-order valence-electron chi connectivity index (χ4n) is 21.0. The summed E-state index contributed by atoms with van der Waals surface area (Å²) in [5, 5.41) is 49.5. The first-order valence-electron chi connectivity index (χ1n) is 46.0. The number of carboxylic acids is 5. The molecule has 0 saturated heterocycles. The summed E-state index contributed by atoms with van der Waals surface area (Å²) in [5.74, 6) is -4.52. The van der Waals surface area contributed by atoms with Crippen LogP contribution >= 0.6 is 56.7 Å². The molecular formula is C109H137N5O10S5. The van der Waals surface area contributed by atoms with Crippen molar-refractivity contribution in [3.8, 4) is 0 Å². The zero-order valence-corrected chi connectivity index (χ0v) is 85.4. The van der Waals surface area contributed by atoms with Crippen molar-refractivity contribution in [2.24, 2.45) is 0 Å². The van der Waals surface area contributed by atoms with E-state index in [2.05, 4.69) is 218 Å². The van der Waals surface area contributed by atoms with Crippen LogP contribution in [-0.4, -0.2) is 85.0 Å². The lowest BCUT2D eigenvalue weighted by molar-refractivity contribution is 0.0685. The molecule has 5 N–H and O–H groups in total. The van der Waals surface area contributed by atoms with Crippen molar-refractivity contribution in [1.82, 2.24) is 9.97 Å². The molecule has 0 atom stereocenters. The zero-order valence-electron chi connectivity index (χ0n) is 81.3. The zero-order chi connectivity index (χ0) is 94.9. The second-order valence-electron chi connectivity index (χ2n) is 44.1. The summed E-state index contributed by atoms with van der Waals surface area (Å²) in [6.45, 7) is 65.7. The van der Waals surface area contributed by atoms with Gasteiger partial charge in [0.2, 0.25) is 0 Å². The Bertz CT molecular complexity index is 5960. The van der Waals surface area contributed by atoms with Crippen LogP contribution in [0.3, 0.4) is 0 Å².